The molecule has 16 nitrogen and oxygen atoms in total. The number of aromatic nitrogens is 5. The molecule has 0 aliphatic carbocycles. The van der Waals surface area contributed by atoms with Crippen LogP contribution in [0.25, 0.3) is 44.5 Å². The molecule has 58 heavy (non-hydrogen) atoms. The van der Waals surface area contributed by atoms with Crippen LogP contribution in [-0.4, -0.2) is 111 Å². The first-order chi connectivity index (χ1) is 28.0. The Balaban J connectivity index is 1.07. The van der Waals surface area contributed by atoms with Gasteiger partial charge in [0.2, 0.25) is 11.8 Å². The minimum atomic E-state index is -0.904. The molecule has 2 fully saturated rings. The molecule has 2 aliphatic rings. The molecule has 0 spiro atoms. The lowest BCUT2D eigenvalue weighted by Crippen LogP contribution is -2.54. The molecule has 5 aromatic rings. The molecule has 0 saturated carbocycles. The Morgan fingerprint density at radius 1 is 0.776 bits per heavy atom. The number of hydrogen-bond acceptors (Lipinski definition) is 10. The van der Waals surface area contributed by atoms with Crippen LogP contribution in [0.1, 0.15) is 76.6 Å². The number of imidazole rings is 2. The van der Waals surface area contributed by atoms with Crippen molar-refractivity contribution >= 4 is 45.9 Å². The van der Waals surface area contributed by atoms with Gasteiger partial charge in [-0.3, -0.25) is 9.59 Å². The second-order valence-electron chi connectivity index (χ2n) is 15.1. The zero-order valence-corrected chi connectivity index (χ0v) is 33.7. The van der Waals surface area contributed by atoms with Gasteiger partial charge in [-0.25, -0.2) is 24.5 Å². The number of nitrogens with one attached hydrogen (secondary N) is 4. The van der Waals surface area contributed by atoms with Crippen LogP contribution >= 0.6 is 0 Å². The van der Waals surface area contributed by atoms with Crippen LogP contribution in [0.3, 0.4) is 0 Å². The summed E-state index contributed by atoms with van der Waals surface area (Å²) in [6.45, 7) is 6.78. The molecule has 7 rings (SSSR count). The van der Waals surface area contributed by atoms with Gasteiger partial charge in [-0.1, -0.05) is 44.5 Å². The van der Waals surface area contributed by atoms with Crippen molar-refractivity contribution in [3.8, 4) is 22.5 Å². The fourth-order valence-corrected chi connectivity index (χ4v) is 8.01. The first kappa shape index (κ1) is 40.2. The van der Waals surface area contributed by atoms with E-state index in [9.17, 15) is 19.2 Å². The third-order valence-electron chi connectivity index (χ3n) is 11.6. The summed E-state index contributed by atoms with van der Waals surface area (Å²) in [6, 6.07) is 14.2. The van der Waals surface area contributed by atoms with Gasteiger partial charge in [-0.05, 0) is 73.6 Å². The predicted molar refractivity (Wildman–Crippen MR) is 216 cm³/mol. The molecule has 0 radical (unpaired) electrons. The minimum Gasteiger partial charge on any atom is -0.453 e. The SMILES string of the molecule is CCC(C)C(NC(=O)OC)C(=O)N1CCCC1c1nc2nc(-c3ccc4cc(-c5cnc(C6CCCN6C(=O)C(NC(=O)OC)C(C)OC)[nH]5)ccc4c3)ccc2[nH]1. The molecule has 4 amide bonds. The van der Waals surface area contributed by atoms with E-state index in [2.05, 4.69) is 49.9 Å². The number of hydrogen-bond donors (Lipinski definition) is 4. The van der Waals surface area contributed by atoms with Gasteiger partial charge >= 0.3 is 12.2 Å². The molecular weight excluding hydrogens is 743 g/mol. The molecule has 4 N–H and O–H groups in total. The summed E-state index contributed by atoms with van der Waals surface area (Å²) in [7, 11) is 4.05. The smallest absolute Gasteiger partial charge is 0.407 e. The number of ether oxygens (including phenoxy) is 3. The van der Waals surface area contributed by atoms with Crippen LogP contribution in [-0.2, 0) is 23.8 Å². The number of fused-ring (bicyclic) bond motifs is 2. The molecule has 0 bridgehead atoms. The third kappa shape index (κ3) is 8.05. The van der Waals surface area contributed by atoms with E-state index in [1.807, 2.05) is 43.0 Å². The highest BCUT2D eigenvalue weighted by molar-refractivity contribution is 5.91. The van der Waals surface area contributed by atoms with E-state index in [4.69, 9.17) is 24.2 Å². The fourth-order valence-electron chi connectivity index (χ4n) is 8.01. The standard InChI is InChI=1S/C42H51N9O7/c1-7-23(2)34(47-41(54)57-5)39(52)51-19-9-11-33(51)38-45-30-17-16-29(44-36(30)49-38)27-14-12-26-21-28(15-13-25(26)20-27)31-22-43-37(46-31)32-10-8-18-50(32)40(53)35(24(3)56-4)48-42(55)58-6/h12-17,20-24,32-35H,7-11,18-19H2,1-6H3,(H,43,46)(H,47,54)(H,48,55)(H,44,45,49). The Kier molecular flexibility index (Phi) is 11.9. The molecule has 6 unspecified atom stereocenters. The van der Waals surface area contributed by atoms with E-state index < -0.39 is 30.4 Å². The topological polar surface area (TPSA) is 197 Å². The van der Waals surface area contributed by atoms with E-state index in [0.29, 0.717) is 30.4 Å². The van der Waals surface area contributed by atoms with Gasteiger partial charge in [0.05, 0.1) is 55.5 Å². The fraction of sp³-hybridized carbons (Fsp3) is 0.452. The second-order valence-corrected chi connectivity index (χ2v) is 15.1. The molecule has 2 aliphatic heterocycles. The third-order valence-corrected chi connectivity index (χ3v) is 11.6. The molecule has 16 heteroatoms. The second kappa shape index (κ2) is 17.2. The van der Waals surface area contributed by atoms with Gasteiger partial charge in [0.25, 0.3) is 0 Å². The Hall–Kier alpha value is -6.03. The molecule has 2 saturated heterocycles. The normalized spacial score (nSPS) is 18.9. The van der Waals surface area contributed by atoms with Crippen LogP contribution < -0.4 is 10.6 Å². The number of benzene rings is 2. The van der Waals surface area contributed by atoms with Gasteiger partial charge in [0.1, 0.15) is 23.7 Å². The van der Waals surface area contributed by atoms with E-state index in [-0.39, 0.29) is 29.8 Å². The molecule has 3 aromatic heterocycles. The maximum atomic E-state index is 13.8. The maximum Gasteiger partial charge on any atom is 0.407 e. The van der Waals surface area contributed by atoms with Crippen LogP contribution in [0.4, 0.5) is 9.59 Å². The average Bonchev–Trinajstić information content (AvgIpc) is 4.09. The molecule has 2 aromatic carbocycles. The lowest BCUT2D eigenvalue weighted by molar-refractivity contribution is -0.137. The Morgan fingerprint density at radius 2 is 1.38 bits per heavy atom. The zero-order chi connectivity index (χ0) is 41.1. The number of methoxy groups -OCH3 is 3. The highest BCUT2D eigenvalue weighted by atomic mass is 16.5. The zero-order valence-electron chi connectivity index (χ0n) is 33.7. The lowest BCUT2D eigenvalue weighted by atomic mass is 9.97. The van der Waals surface area contributed by atoms with Gasteiger partial charge in [0.15, 0.2) is 5.65 Å². The Bertz CT molecular complexity index is 2310. The number of aromatic amines is 2. The van der Waals surface area contributed by atoms with E-state index in [0.717, 1.165) is 70.9 Å². The summed E-state index contributed by atoms with van der Waals surface area (Å²) in [5.41, 5.74) is 4.83. The van der Waals surface area contributed by atoms with Crippen LogP contribution in [0, 0.1) is 5.92 Å². The minimum absolute atomic E-state index is 0.0737. The van der Waals surface area contributed by atoms with E-state index in [1.165, 1.54) is 21.3 Å². The van der Waals surface area contributed by atoms with Crippen LogP contribution in [0.5, 0.6) is 0 Å². The highest BCUT2D eigenvalue weighted by Crippen LogP contribution is 2.35. The first-order valence-electron chi connectivity index (χ1n) is 19.8. The molecule has 5 heterocycles. The average molecular weight is 794 g/mol. The summed E-state index contributed by atoms with van der Waals surface area (Å²) < 4.78 is 15.0. The number of amides is 4. The first-order valence-corrected chi connectivity index (χ1v) is 19.8. The number of carbonyl (C=O) groups is 4. The largest absolute Gasteiger partial charge is 0.453 e. The van der Waals surface area contributed by atoms with Gasteiger partial charge in [-0.15, -0.1) is 0 Å². The molecular formula is C42H51N9O7. The molecule has 6 atom stereocenters. The summed E-state index contributed by atoms with van der Waals surface area (Å²) in [5.74, 6) is 0.882. The van der Waals surface area contributed by atoms with Crippen molar-refractivity contribution in [3.05, 3.63) is 66.4 Å². The van der Waals surface area contributed by atoms with Crippen molar-refractivity contribution in [2.45, 2.75) is 83.1 Å². The highest BCUT2D eigenvalue weighted by Gasteiger charge is 2.40. The summed E-state index contributed by atoms with van der Waals surface area (Å²) in [6.07, 6.45) is 3.73. The van der Waals surface area contributed by atoms with E-state index >= 15 is 0 Å². The number of rotatable bonds is 12. The lowest BCUT2D eigenvalue weighted by Gasteiger charge is -2.30. The summed E-state index contributed by atoms with van der Waals surface area (Å²) >= 11 is 0. The number of likely N-dealkylation sites (tertiary alicyclic amines) is 2. The monoisotopic (exact) mass is 793 g/mol. The van der Waals surface area contributed by atoms with Crippen molar-refractivity contribution in [1.82, 2.24) is 45.4 Å². The van der Waals surface area contributed by atoms with Crippen LogP contribution in [0.15, 0.2) is 54.7 Å². The van der Waals surface area contributed by atoms with Crippen molar-refractivity contribution in [2.75, 3.05) is 34.4 Å². The van der Waals surface area contributed by atoms with E-state index in [1.54, 1.807) is 18.0 Å². The van der Waals surface area contributed by atoms with Crippen LogP contribution in [0.2, 0.25) is 0 Å². The number of pyridine rings is 1. The van der Waals surface area contributed by atoms with Gasteiger partial charge in [-0.2, -0.15) is 0 Å². The predicted octanol–water partition coefficient (Wildman–Crippen LogP) is 6.03. The van der Waals surface area contributed by atoms with Crippen molar-refractivity contribution in [3.63, 3.8) is 0 Å². The number of H-pyrrole nitrogens is 2. The van der Waals surface area contributed by atoms with Crippen molar-refractivity contribution in [2.24, 2.45) is 5.92 Å². The summed E-state index contributed by atoms with van der Waals surface area (Å²) in [4.78, 5) is 76.5. The number of carbonyl (C=O) groups excluding carboxylic acids is 4. The van der Waals surface area contributed by atoms with Crippen molar-refractivity contribution < 1.29 is 33.4 Å². The Labute approximate surface area is 336 Å². The number of nitrogens with zero attached hydrogens (tertiary/aromatic N) is 5. The maximum absolute atomic E-state index is 13.8. The van der Waals surface area contributed by atoms with Crippen molar-refractivity contribution in [1.29, 1.82) is 0 Å². The number of alkyl carbamates (subject to hydrolysis) is 2. The summed E-state index contributed by atoms with van der Waals surface area (Å²) in [5, 5.41) is 7.44. The van der Waals surface area contributed by atoms with Gasteiger partial charge in [0, 0.05) is 31.3 Å². The molecule has 306 valence electrons. The Morgan fingerprint density at radius 3 is 2.02 bits per heavy atom. The quantitative estimate of drug-likeness (QED) is 0.116. The van der Waals surface area contributed by atoms with Gasteiger partial charge < -0.3 is 44.6 Å².